The minimum Gasteiger partial charge on any atom is -0.479 e. The maximum Gasteiger partial charge on any atom is 0.343 e. The molecule has 3 nitrogen and oxygen atoms in total. The molecule has 4 heteroatoms. The van der Waals surface area contributed by atoms with E-state index in [9.17, 15) is 9.18 Å². The first-order valence-corrected chi connectivity index (χ1v) is 5.03. The fourth-order valence-electron chi connectivity index (χ4n) is 1.40. The Morgan fingerprint density at radius 1 is 1.44 bits per heavy atom. The standard InChI is InChI=1S/C12H16FNO2/c1-9-4-6-10(7-5-9)14(3)8-12(2,13)11(15)16/h4-7H,8H2,1-3H3,(H,15,16). The molecule has 0 radical (unpaired) electrons. The maximum absolute atomic E-state index is 13.6. The Labute approximate surface area is 94.5 Å². The molecule has 0 aliphatic carbocycles. The summed E-state index contributed by atoms with van der Waals surface area (Å²) >= 11 is 0. The number of aryl methyl sites for hydroxylation is 1. The molecular formula is C12H16FNO2. The van der Waals surface area contributed by atoms with Crippen LogP contribution in [0.25, 0.3) is 0 Å². The van der Waals surface area contributed by atoms with Gasteiger partial charge in [0.05, 0.1) is 6.54 Å². The average Bonchev–Trinajstić information content (AvgIpc) is 2.17. The summed E-state index contributed by atoms with van der Waals surface area (Å²) in [4.78, 5) is 12.2. The number of benzene rings is 1. The number of aliphatic carboxylic acids is 1. The third-order valence-electron chi connectivity index (χ3n) is 2.45. The van der Waals surface area contributed by atoms with Crippen LogP contribution in [0.4, 0.5) is 10.1 Å². The van der Waals surface area contributed by atoms with Crippen molar-refractivity contribution >= 4 is 11.7 Å². The van der Waals surface area contributed by atoms with E-state index in [-0.39, 0.29) is 6.54 Å². The molecule has 1 aromatic carbocycles. The van der Waals surface area contributed by atoms with E-state index in [1.807, 2.05) is 31.2 Å². The van der Waals surface area contributed by atoms with E-state index >= 15 is 0 Å². The summed E-state index contributed by atoms with van der Waals surface area (Å²) in [5, 5.41) is 8.68. The average molecular weight is 225 g/mol. The summed E-state index contributed by atoms with van der Waals surface area (Å²) in [7, 11) is 1.67. The molecule has 1 rings (SSSR count). The fraction of sp³-hybridized carbons (Fsp3) is 0.417. The van der Waals surface area contributed by atoms with Gasteiger partial charge in [-0.2, -0.15) is 0 Å². The largest absolute Gasteiger partial charge is 0.479 e. The molecule has 88 valence electrons. The zero-order chi connectivity index (χ0) is 12.3. The number of nitrogens with zero attached hydrogens (tertiary/aromatic N) is 1. The lowest BCUT2D eigenvalue weighted by Gasteiger charge is -2.25. The summed E-state index contributed by atoms with van der Waals surface area (Å²) < 4.78 is 13.6. The number of anilines is 1. The highest BCUT2D eigenvalue weighted by atomic mass is 19.1. The van der Waals surface area contributed by atoms with E-state index < -0.39 is 11.6 Å². The van der Waals surface area contributed by atoms with Gasteiger partial charge in [-0.05, 0) is 26.0 Å². The first-order valence-electron chi connectivity index (χ1n) is 5.03. The molecule has 0 saturated carbocycles. The van der Waals surface area contributed by atoms with Gasteiger partial charge in [0.25, 0.3) is 0 Å². The van der Waals surface area contributed by atoms with E-state index in [1.54, 1.807) is 11.9 Å². The zero-order valence-electron chi connectivity index (χ0n) is 9.70. The molecule has 0 fully saturated rings. The first-order chi connectivity index (χ1) is 7.33. The molecule has 1 atom stereocenters. The summed E-state index contributed by atoms with van der Waals surface area (Å²) in [6.45, 7) is 2.85. The smallest absolute Gasteiger partial charge is 0.343 e. The highest BCUT2D eigenvalue weighted by Gasteiger charge is 2.34. The van der Waals surface area contributed by atoms with Gasteiger partial charge >= 0.3 is 5.97 Å². The van der Waals surface area contributed by atoms with Crippen molar-refractivity contribution in [1.29, 1.82) is 0 Å². The molecule has 1 unspecified atom stereocenters. The molecule has 0 aliphatic rings. The van der Waals surface area contributed by atoms with Crippen LogP contribution in [-0.2, 0) is 4.79 Å². The van der Waals surface area contributed by atoms with Crippen molar-refractivity contribution in [3.63, 3.8) is 0 Å². The third-order valence-corrected chi connectivity index (χ3v) is 2.45. The Morgan fingerprint density at radius 2 is 1.94 bits per heavy atom. The van der Waals surface area contributed by atoms with Gasteiger partial charge in [0.15, 0.2) is 0 Å². The number of rotatable bonds is 4. The van der Waals surface area contributed by atoms with Crippen LogP contribution in [0.5, 0.6) is 0 Å². The molecule has 0 aromatic heterocycles. The van der Waals surface area contributed by atoms with E-state index in [1.165, 1.54) is 0 Å². The van der Waals surface area contributed by atoms with Crippen molar-refractivity contribution in [2.45, 2.75) is 19.5 Å². The van der Waals surface area contributed by atoms with Crippen LogP contribution >= 0.6 is 0 Å². The summed E-state index contributed by atoms with van der Waals surface area (Å²) in [5.41, 5.74) is -0.325. The SMILES string of the molecule is Cc1ccc(N(C)CC(C)(F)C(=O)O)cc1. The van der Waals surface area contributed by atoms with E-state index in [0.717, 1.165) is 18.2 Å². The second kappa shape index (κ2) is 4.51. The number of halogens is 1. The van der Waals surface area contributed by atoms with E-state index in [4.69, 9.17) is 5.11 Å². The van der Waals surface area contributed by atoms with Crippen LogP contribution in [0.3, 0.4) is 0 Å². The predicted octanol–water partition coefficient (Wildman–Crippen LogP) is 2.24. The van der Waals surface area contributed by atoms with Crippen LogP contribution < -0.4 is 4.90 Å². The number of carboxylic acid groups (broad SMARTS) is 1. The van der Waals surface area contributed by atoms with Crippen molar-refractivity contribution in [3.05, 3.63) is 29.8 Å². The van der Waals surface area contributed by atoms with Gasteiger partial charge in [0.2, 0.25) is 5.67 Å². The molecule has 1 aromatic rings. The van der Waals surface area contributed by atoms with Crippen LogP contribution in [0.2, 0.25) is 0 Å². The molecule has 0 spiro atoms. The molecule has 0 saturated heterocycles. The second-order valence-corrected chi connectivity index (χ2v) is 4.19. The van der Waals surface area contributed by atoms with E-state index in [0.29, 0.717) is 0 Å². The lowest BCUT2D eigenvalue weighted by Crippen LogP contribution is -2.41. The minimum atomic E-state index is -2.24. The lowest BCUT2D eigenvalue weighted by atomic mass is 10.1. The molecule has 0 aliphatic heterocycles. The highest BCUT2D eigenvalue weighted by Crippen LogP contribution is 2.18. The zero-order valence-corrected chi connectivity index (χ0v) is 9.70. The summed E-state index contributed by atoms with van der Waals surface area (Å²) in [6, 6.07) is 7.49. The van der Waals surface area contributed by atoms with Gasteiger partial charge in [-0.3, -0.25) is 0 Å². The van der Waals surface area contributed by atoms with Gasteiger partial charge in [-0.25, -0.2) is 9.18 Å². The second-order valence-electron chi connectivity index (χ2n) is 4.19. The third kappa shape index (κ3) is 2.95. The Kier molecular flexibility index (Phi) is 3.52. The monoisotopic (exact) mass is 225 g/mol. The van der Waals surface area contributed by atoms with Crippen LogP contribution in [-0.4, -0.2) is 30.3 Å². The van der Waals surface area contributed by atoms with Crippen molar-refractivity contribution < 1.29 is 14.3 Å². The molecular weight excluding hydrogens is 209 g/mol. The summed E-state index contributed by atoms with van der Waals surface area (Å²) in [5.74, 6) is -1.44. The van der Waals surface area contributed by atoms with Crippen LogP contribution in [0, 0.1) is 6.92 Å². The number of carboxylic acids is 1. The van der Waals surface area contributed by atoms with Gasteiger partial charge in [0, 0.05) is 12.7 Å². The number of hydrogen-bond acceptors (Lipinski definition) is 2. The van der Waals surface area contributed by atoms with Crippen molar-refractivity contribution in [2.24, 2.45) is 0 Å². The Bertz CT molecular complexity index is 373. The normalized spacial score (nSPS) is 14.2. The van der Waals surface area contributed by atoms with Gasteiger partial charge in [-0.1, -0.05) is 17.7 Å². The predicted molar refractivity (Wildman–Crippen MR) is 61.6 cm³/mol. The van der Waals surface area contributed by atoms with Crippen molar-refractivity contribution in [1.82, 2.24) is 0 Å². The van der Waals surface area contributed by atoms with E-state index in [2.05, 4.69) is 0 Å². The molecule has 1 N–H and O–H groups in total. The van der Waals surface area contributed by atoms with Gasteiger partial charge in [-0.15, -0.1) is 0 Å². The molecule has 0 amide bonds. The van der Waals surface area contributed by atoms with Crippen molar-refractivity contribution in [2.75, 3.05) is 18.5 Å². The van der Waals surface area contributed by atoms with Gasteiger partial charge in [0.1, 0.15) is 0 Å². The van der Waals surface area contributed by atoms with Gasteiger partial charge < -0.3 is 10.0 Å². The number of carbonyl (C=O) groups is 1. The first kappa shape index (κ1) is 12.5. The Hall–Kier alpha value is -1.58. The molecule has 16 heavy (non-hydrogen) atoms. The Morgan fingerprint density at radius 3 is 2.38 bits per heavy atom. The maximum atomic E-state index is 13.6. The molecule has 0 bridgehead atoms. The van der Waals surface area contributed by atoms with Crippen LogP contribution in [0.1, 0.15) is 12.5 Å². The number of alkyl halides is 1. The topological polar surface area (TPSA) is 40.5 Å². The van der Waals surface area contributed by atoms with Crippen LogP contribution in [0.15, 0.2) is 24.3 Å². The lowest BCUT2D eigenvalue weighted by molar-refractivity contribution is -0.148. The minimum absolute atomic E-state index is 0.175. The highest BCUT2D eigenvalue weighted by molar-refractivity contribution is 5.77. The molecule has 0 heterocycles. The number of hydrogen-bond donors (Lipinski definition) is 1. The quantitative estimate of drug-likeness (QED) is 0.854. The summed E-state index contributed by atoms with van der Waals surface area (Å²) in [6.07, 6.45) is 0. The Balaban J connectivity index is 2.76. The van der Waals surface area contributed by atoms with Crippen molar-refractivity contribution in [3.8, 4) is 0 Å². The fourth-order valence-corrected chi connectivity index (χ4v) is 1.40.